The Labute approximate surface area is 117 Å². The molecule has 1 atom stereocenters. The lowest BCUT2D eigenvalue weighted by atomic mass is 10.1. The predicted octanol–water partition coefficient (Wildman–Crippen LogP) is 3.35. The van der Waals surface area contributed by atoms with Crippen molar-refractivity contribution in [2.24, 2.45) is 5.73 Å². The first-order chi connectivity index (χ1) is 8.63. The van der Waals surface area contributed by atoms with Crippen molar-refractivity contribution in [3.8, 4) is 6.07 Å². The molecular formula is C14H18BrN3. The van der Waals surface area contributed by atoms with Crippen molar-refractivity contribution in [3.05, 3.63) is 28.2 Å². The summed E-state index contributed by atoms with van der Waals surface area (Å²) in [5, 5.41) is 8.73. The monoisotopic (exact) mass is 307 g/mol. The number of nitrogens with zero attached hydrogens (tertiary/aromatic N) is 2. The fourth-order valence-electron chi connectivity index (χ4n) is 2.14. The van der Waals surface area contributed by atoms with E-state index >= 15 is 0 Å². The molecule has 0 bridgehead atoms. The fraction of sp³-hybridized carbons (Fsp3) is 0.500. The molecular weight excluding hydrogens is 290 g/mol. The summed E-state index contributed by atoms with van der Waals surface area (Å²) in [6, 6.07) is 9.17. The lowest BCUT2D eigenvalue weighted by Gasteiger charge is -2.24. The standard InChI is InChI=1S/C14H18BrN3/c1-10(17)13-6-5-12(9-14(13)15)18(8-2-7-16)11-3-4-11/h5-6,9-11H,2-4,8,17H2,1H3. The number of hydrogen-bond acceptors (Lipinski definition) is 3. The summed E-state index contributed by atoms with van der Waals surface area (Å²) >= 11 is 3.58. The van der Waals surface area contributed by atoms with Crippen LogP contribution >= 0.6 is 15.9 Å². The first-order valence-corrected chi connectivity index (χ1v) is 7.11. The molecule has 1 unspecified atom stereocenters. The Hall–Kier alpha value is -1.05. The van der Waals surface area contributed by atoms with Crippen molar-refractivity contribution in [1.29, 1.82) is 5.26 Å². The van der Waals surface area contributed by atoms with Gasteiger partial charge in [0.15, 0.2) is 0 Å². The van der Waals surface area contributed by atoms with Crippen LogP contribution in [0.5, 0.6) is 0 Å². The molecule has 1 aliphatic rings. The number of nitrogens with two attached hydrogens (primary N) is 1. The third kappa shape index (κ3) is 3.04. The maximum Gasteiger partial charge on any atom is 0.0640 e. The van der Waals surface area contributed by atoms with Crippen molar-refractivity contribution >= 4 is 21.6 Å². The van der Waals surface area contributed by atoms with E-state index < -0.39 is 0 Å². The minimum Gasteiger partial charge on any atom is -0.367 e. The van der Waals surface area contributed by atoms with Crippen LogP contribution in [0.4, 0.5) is 5.69 Å². The van der Waals surface area contributed by atoms with Gasteiger partial charge in [-0.05, 0) is 37.5 Å². The highest BCUT2D eigenvalue weighted by molar-refractivity contribution is 9.10. The fourth-order valence-corrected chi connectivity index (χ4v) is 2.87. The molecule has 1 fully saturated rings. The zero-order valence-electron chi connectivity index (χ0n) is 10.6. The lowest BCUT2D eigenvalue weighted by Crippen LogP contribution is -2.26. The molecule has 2 N–H and O–H groups in total. The van der Waals surface area contributed by atoms with Crippen LogP contribution in [0.1, 0.15) is 37.8 Å². The van der Waals surface area contributed by atoms with Crippen molar-refractivity contribution in [3.63, 3.8) is 0 Å². The van der Waals surface area contributed by atoms with E-state index in [4.69, 9.17) is 11.0 Å². The third-order valence-electron chi connectivity index (χ3n) is 3.26. The molecule has 0 radical (unpaired) electrons. The van der Waals surface area contributed by atoms with Crippen LogP contribution in [-0.4, -0.2) is 12.6 Å². The van der Waals surface area contributed by atoms with Gasteiger partial charge in [0, 0.05) is 28.8 Å². The van der Waals surface area contributed by atoms with E-state index in [1.165, 1.54) is 18.5 Å². The molecule has 0 amide bonds. The Morgan fingerprint density at radius 1 is 1.56 bits per heavy atom. The highest BCUT2D eigenvalue weighted by Crippen LogP contribution is 2.34. The summed E-state index contributed by atoms with van der Waals surface area (Å²) in [7, 11) is 0. The highest BCUT2D eigenvalue weighted by Gasteiger charge is 2.29. The van der Waals surface area contributed by atoms with Gasteiger partial charge in [0.2, 0.25) is 0 Å². The SMILES string of the molecule is CC(N)c1ccc(N(CCC#N)C2CC2)cc1Br. The normalized spacial score (nSPS) is 16.1. The van der Waals surface area contributed by atoms with Gasteiger partial charge in [0.25, 0.3) is 0 Å². The van der Waals surface area contributed by atoms with Gasteiger partial charge < -0.3 is 10.6 Å². The van der Waals surface area contributed by atoms with E-state index in [9.17, 15) is 0 Å². The maximum absolute atomic E-state index is 8.73. The zero-order chi connectivity index (χ0) is 13.1. The molecule has 4 heteroatoms. The van der Waals surface area contributed by atoms with Gasteiger partial charge in [-0.2, -0.15) is 5.26 Å². The smallest absolute Gasteiger partial charge is 0.0640 e. The van der Waals surface area contributed by atoms with Crippen LogP contribution < -0.4 is 10.6 Å². The average Bonchev–Trinajstić information content (AvgIpc) is 3.13. The summed E-state index contributed by atoms with van der Waals surface area (Å²) in [5.41, 5.74) is 8.21. The summed E-state index contributed by atoms with van der Waals surface area (Å²) in [6.07, 6.45) is 3.04. The van der Waals surface area contributed by atoms with Crippen LogP contribution in [0.15, 0.2) is 22.7 Å². The summed E-state index contributed by atoms with van der Waals surface area (Å²) in [6.45, 7) is 2.79. The Kier molecular flexibility index (Phi) is 4.26. The van der Waals surface area contributed by atoms with Crippen LogP contribution in [0.25, 0.3) is 0 Å². The Balaban J connectivity index is 2.20. The molecule has 1 aliphatic carbocycles. The highest BCUT2D eigenvalue weighted by atomic mass is 79.9. The predicted molar refractivity (Wildman–Crippen MR) is 77.3 cm³/mol. The van der Waals surface area contributed by atoms with Crippen LogP contribution in [-0.2, 0) is 0 Å². The van der Waals surface area contributed by atoms with E-state index in [0.29, 0.717) is 12.5 Å². The summed E-state index contributed by atoms with van der Waals surface area (Å²) < 4.78 is 1.05. The van der Waals surface area contributed by atoms with E-state index in [0.717, 1.165) is 16.6 Å². The number of benzene rings is 1. The second-order valence-corrected chi connectivity index (χ2v) is 5.68. The molecule has 3 nitrogen and oxygen atoms in total. The van der Waals surface area contributed by atoms with Crippen LogP contribution in [0, 0.1) is 11.3 Å². The van der Waals surface area contributed by atoms with E-state index in [-0.39, 0.29) is 6.04 Å². The second-order valence-electron chi connectivity index (χ2n) is 4.83. The number of anilines is 1. The first kappa shape index (κ1) is 13.4. The molecule has 18 heavy (non-hydrogen) atoms. The van der Waals surface area contributed by atoms with E-state index in [1.807, 2.05) is 6.92 Å². The van der Waals surface area contributed by atoms with Crippen molar-refractivity contribution in [1.82, 2.24) is 0 Å². The molecule has 0 aromatic heterocycles. The van der Waals surface area contributed by atoms with Crippen LogP contribution in [0.3, 0.4) is 0 Å². The van der Waals surface area contributed by atoms with Gasteiger partial charge in [-0.1, -0.05) is 22.0 Å². The number of rotatable bonds is 5. The van der Waals surface area contributed by atoms with Crippen molar-refractivity contribution < 1.29 is 0 Å². The van der Waals surface area contributed by atoms with Gasteiger partial charge in [0.1, 0.15) is 0 Å². The molecule has 2 rings (SSSR count). The van der Waals surface area contributed by atoms with Crippen molar-refractivity contribution in [2.75, 3.05) is 11.4 Å². The summed E-state index contributed by atoms with van der Waals surface area (Å²) in [5.74, 6) is 0. The largest absolute Gasteiger partial charge is 0.367 e. The lowest BCUT2D eigenvalue weighted by molar-refractivity contribution is 0.786. The Morgan fingerprint density at radius 3 is 2.78 bits per heavy atom. The molecule has 1 aromatic carbocycles. The van der Waals surface area contributed by atoms with Gasteiger partial charge in [-0.15, -0.1) is 0 Å². The number of hydrogen-bond donors (Lipinski definition) is 1. The molecule has 0 spiro atoms. The molecule has 0 aliphatic heterocycles. The topological polar surface area (TPSA) is 53.0 Å². The number of halogens is 1. The van der Waals surface area contributed by atoms with Gasteiger partial charge in [-0.3, -0.25) is 0 Å². The molecule has 96 valence electrons. The van der Waals surface area contributed by atoms with Gasteiger partial charge in [-0.25, -0.2) is 0 Å². The third-order valence-corrected chi connectivity index (χ3v) is 3.95. The molecule has 0 saturated heterocycles. The number of nitriles is 1. The zero-order valence-corrected chi connectivity index (χ0v) is 12.2. The van der Waals surface area contributed by atoms with E-state index in [2.05, 4.69) is 45.1 Å². The summed E-state index contributed by atoms with van der Waals surface area (Å²) in [4.78, 5) is 2.33. The maximum atomic E-state index is 8.73. The minimum atomic E-state index is 0.0295. The Morgan fingerprint density at radius 2 is 2.28 bits per heavy atom. The minimum absolute atomic E-state index is 0.0295. The van der Waals surface area contributed by atoms with Crippen LogP contribution in [0.2, 0.25) is 0 Å². The van der Waals surface area contributed by atoms with Gasteiger partial charge in [0.05, 0.1) is 12.5 Å². The average molecular weight is 308 g/mol. The quantitative estimate of drug-likeness (QED) is 0.907. The molecule has 1 aromatic rings. The van der Waals surface area contributed by atoms with E-state index in [1.54, 1.807) is 0 Å². The first-order valence-electron chi connectivity index (χ1n) is 6.32. The van der Waals surface area contributed by atoms with Gasteiger partial charge >= 0.3 is 0 Å². The second kappa shape index (κ2) is 5.73. The molecule has 0 heterocycles. The Bertz CT molecular complexity index is 461. The molecule has 1 saturated carbocycles. The van der Waals surface area contributed by atoms with Crippen molar-refractivity contribution in [2.45, 2.75) is 38.3 Å².